The van der Waals surface area contributed by atoms with Crippen molar-refractivity contribution in [3.63, 3.8) is 0 Å². The fourth-order valence-corrected chi connectivity index (χ4v) is 2.60. The van der Waals surface area contributed by atoms with E-state index < -0.39 is 23.8 Å². The van der Waals surface area contributed by atoms with Crippen LogP contribution in [-0.4, -0.2) is 22.2 Å². The number of carbonyl (C=O) groups is 2. The van der Waals surface area contributed by atoms with Gasteiger partial charge < -0.3 is 10.2 Å². The topological polar surface area (TPSA) is 74.6 Å². The number of rotatable bonds is 5. The number of allylic oxidation sites excluding steroid dienone is 4. The molecule has 0 spiro atoms. The van der Waals surface area contributed by atoms with E-state index in [1.165, 1.54) is 0 Å². The zero-order valence-corrected chi connectivity index (χ0v) is 10.8. The molecule has 1 aliphatic carbocycles. The Morgan fingerprint density at radius 2 is 1.75 bits per heavy atom. The molecule has 0 radical (unpaired) electrons. The zero-order chi connectivity index (χ0) is 14.5. The molecule has 0 aromatic heterocycles. The molecule has 4 nitrogen and oxygen atoms in total. The smallest absolute Gasteiger partial charge is 0.311 e. The SMILES string of the molecule is O=C(O)[C@H](c1ccccc1)[C@@H](C(=O)O)C1C=CC=CC1. The van der Waals surface area contributed by atoms with Crippen LogP contribution in [0.2, 0.25) is 0 Å². The van der Waals surface area contributed by atoms with E-state index in [4.69, 9.17) is 0 Å². The van der Waals surface area contributed by atoms with Gasteiger partial charge in [0.1, 0.15) is 0 Å². The average Bonchev–Trinajstić information content (AvgIpc) is 2.45. The van der Waals surface area contributed by atoms with Crippen molar-refractivity contribution in [3.05, 3.63) is 60.2 Å². The lowest BCUT2D eigenvalue weighted by Crippen LogP contribution is -2.33. The summed E-state index contributed by atoms with van der Waals surface area (Å²) in [5, 5.41) is 19.0. The van der Waals surface area contributed by atoms with Gasteiger partial charge in [0.15, 0.2) is 0 Å². The van der Waals surface area contributed by atoms with Gasteiger partial charge in [-0.05, 0) is 17.9 Å². The average molecular weight is 272 g/mol. The molecule has 0 heterocycles. The molecule has 0 saturated heterocycles. The van der Waals surface area contributed by atoms with E-state index in [9.17, 15) is 19.8 Å². The number of aliphatic carboxylic acids is 2. The van der Waals surface area contributed by atoms with Crippen molar-refractivity contribution in [2.24, 2.45) is 11.8 Å². The van der Waals surface area contributed by atoms with Gasteiger partial charge in [0.2, 0.25) is 0 Å². The van der Waals surface area contributed by atoms with E-state index in [1.54, 1.807) is 42.5 Å². The van der Waals surface area contributed by atoms with Gasteiger partial charge in [-0.25, -0.2) is 0 Å². The van der Waals surface area contributed by atoms with E-state index in [0.29, 0.717) is 12.0 Å². The lowest BCUT2D eigenvalue weighted by molar-refractivity contribution is -0.151. The van der Waals surface area contributed by atoms with Crippen molar-refractivity contribution < 1.29 is 19.8 Å². The standard InChI is InChI=1S/C16H16O4/c17-15(18)13(11-7-3-1-4-8-11)14(16(19)20)12-9-5-2-6-10-12/h1-9,12-14H,10H2,(H,17,18)(H,19,20)/t12?,13-,14+/m1/s1. The molecule has 0 fully saturated rings. The maximum atomic E-state index is 11.6. The Morgan fingerprint density at radius 1 is 1.05 bits per heavy atom. The molecule has 1 aromatic rings. The Balaban J connectivity index is 2.38. The summed E-state index contributed by atoms with van der Waals surface area (Å²) in [7, 11) is 0. The maximum absolute atomic E-state index is 11.6. The van der Waals surface area contributed by atoms with Gasteiger partial charge in [-0.2, -0.15) is 0 Å². The van der Waals surface area contributed by atoms with Gasteiger partial charge in [0.05, 0.1) is 11.8 Å². The third-order valence-electron chi connectivity index (χ3n) is 3.54. The van der Waals surface area contributed by atoms with Crippen molar-refractivity contribution in [2.45, 2.75) is 12.3 Å². The Labute approximate surface area is 117 Å². The highest BCUT2D eigenvalue weighted by Gasteiger charge is 2.39. The predicted molar refractivity (Wildman–Crippen MR) is 74.3 cm³/mol. The first-order chi connectivity index (χ1) is 9.61. The molecule has 4 heteroatoms. The Bertz CT molecular complexity index is 545. The predicted octanol–water partition coefficient (Wildman–Crippen LogP) is 2.69. The first kappa shape index (κ1) is 14.1. The Hall–Kier alpha value is -2.36. The number of hydrogen-bond donors (Lipinski definition) is 2. The van der Waals surface area contributed by atoms with Crippen LogP contribution in [0.4, 0.5) is 0 Å². The van der Waals surface area contributed by atoms with E-state index in [-0.39, 0.29) is 5.92 Å². The summed E-state index contributed by atoms with van der Waals surface area (Å²) < 4.78 is 0. The minimum absolute atomic E-state index is 0.307. The molecule has 20 heavy (non-hydrogen) atoms. The van der Waals surface area contributed by atoms with Crippen LogP contribution in [0.25, 0.3) is 0 Å². The summed E-state index contributed by atoms with van der Waals surface area (Å²) in [6.45, 7) is 0. The summed E-state index contributed by atoms with van der Waals surface area (Å²) in [4.78, 5) is 23.2. The minimum atomic E-state index is -1.11. The molecular weight excluding hydrogens is 256 g/mol. The molecule has 3 atom stereocenters. The van der Waals surface area contributed by atoms with Crippen LogP contribution in [-0.2, 0) is 9.59 Å². The first-order valence-corrected chi connectivity index (χ1v) is 6.45. The highest BCUT2D eigenvalue weighted by molar-refractivity contribution is 5.84. The van der Waals surface area contributed by atoms with Gasteiger partial charge in [-0.1, -0.05) is 54.6 Å². The number of benzene rings is 1. The third-order valence-corrected chi connectivity index (χ3v) is 3.54. The molecule has 1 unspecified atom stereocenters. The van der Waals surface area contributed by atoms with Gasteiger partial charge in [-0.15, -0.1) is 0 Å². The fraction of sp³-hybridized carbons (Fsp3) is 0.250. The number of carboxylic acid groups (broad SMARTS) is 2. The van der Waals surface area contributed by atoms with Gasteiger partial charge in [-0.3, -0.25) is 9.59 Å². The molecular formula is C16H16O4. The van der Waals surface area contributed by atoms with Gasteiger partial charge in [0.25, 0.3) is 0 Å². The van der Waals surface area contributed by atoms with Crippen molar-refractivity contribution >= 4 is 11.9 Å². The fourth-order valence-electron chi connectivity index (χ4n) is 2.60. The molecule has 2 N–H and O–H groups in total. The van der Waals surface area contributed by atoms with Crippen molar-refractivity contribution in [3.8, 4) is 0 Å². The maximum Gasteiger partial charge on any atom is 0.311 e. The van der Waals surface area contributed by atoms with Crippen LogP contribution in [0.5, 0.6) is 0 Å². The second-order valence-electron chi connectivity index (χ2n) is 4.80. The monoisotopic (exact) mass is 272 g/mol. The second kappa shape index (κ2) is 6.19. The summed E-state index contributed by atoms with van der Waals surface area (Å²) in [6.07, 6.45) is 7.80. The van der Waals surface area contributed by atoms with E-state index >= 15 is 0 Å². The Morgan fingerprint density at radius 3 is 2.25 bits per heavy atom. The zero-order valence-electron chi connectivity index (χ0n) is 10.8. The van der Waals surface area contributed by atoms with Gasteiger partial charge >= 0.3 is 11.9 Å². The van der Waals surface area contributed by atoms with Crippen LogP contribution in [0.15, 0.2) is 54.6 Å². The van der Waals surface area contributed by atoms with Crippen LogP contribution in [0.3, 0.4) is 0 Å². The number of carboxylic acids is 2. The molecule has 1 aromatic carbocycles. The summed E-state index contributed by atoms with van der Waals surface area (Å²) in [5.74, 6) is -4.51. The largest absolute Gasteiger partial charge is 0.481 e. The second-order valence-corrected chi connectivity index (χ2v) is 4.80. The van der Waals surface area contributed by atoms with E-state index in [0.717, 1.165) is 0 Å². The van der Waals surface area contributed by atoms with Gasteiger partial charge in [0, 0.05) is 0 Å². The molecule has 0 aliphatic heterocycles. The van der Waals surface area contributed by atoms with Crippen LogP contribution in [0.1, 0.15) is 17.9 Å². The lowest BCUT2D eigenvalue weighted by Gasteiger charge is -2.27. The molecule has 0 amide bonds. The third kappa shape index (κ3) is 2.96. The normalized spacial score (nSPS) is 20.3. The van der Waals surface area contributed by atoms with Crippen molar-refractivity contribution in [1.82, 2.24) is 0 Å². The van der Waals surface area contributed by atoms with E-state index in [2.05, 4.69) is 0 Å². The first-order valence-electron chi connectivity index (χ1n) is 6.45. The lowest BCUT2D eigenvalue weighted by atomic mass is 9.75. The summed E-state index contributed by atoms with van der Waals surface area (Å²) >= 11 is 0. The molecule has 0 saturated carbocycles. The van der Waals surface area contributed by atoms with Crippen LogP contribution < -0.4 is 0 Å². The Kier molecular flexibility index (Phi) is 4.35. The molecule has 104 valence electrons. The molecule has 1 aliphatic rings. The summed E-state index contributed by atoms with van der Waals surface area (Å²) in [6, 6.07) is 8.55. The quantitative estimate of drug-likeness (QED) is 0.864. The molecule has 0 bridgehead atoms. The van der Waals surface area contributed by atoms with Crippen LogP contribution in [0, 0.1) is 11.8 Å². The number of hydrogen-bond acceptors (Lipinski definition) is 2. The molecule has 2 rings (SSSR count). The van der Waals surface area contributed by atoms with Crippen molar-refractivity contribution in [1.29, 1.82) is 0 Å². The minimum Gasteiger partial charge on any atom is -0.481 e. The highest BCUT2D eigenvalue weighted by Crippen LogP contribution is 2.34. The highest BCUT2D eigenvalue weighted by atomic mass is 16.4. The summed E-state index contributed by atoms with van der Waals surface area (Å²) in [5.41, 5.74) is 0.523. The van der Waals surface area contributed by atoms with Crippen LogP contribution >= 0.6 is 0 Å². The van der Waals surface area contributed by atoms with Crippen molar-refractivity contribution in [2.75, 3.05) is 0 Å². The van der Waals surface area contributed by atoms with E-state index in [1.807, 2.05) is 12.2 Å².